The lowest BCUT2D eigenvalue weighted by Gasteiger charge is -2.08. The van der Waals surface area contributed by atoms with Gasteiger partial charge in [-0.15, -0.1) is 0 Å². The zero-order valence-corrected chi connectivity index (χ0v) is 11.7. The molecule has 2 aromatic carbocycles. The van der Waals surface area contributed by atoms with Crippen LogP contribution in [0.15, 0.2) is 40.9 Å². The summed E-state index contributed by atoms with van der Waals surface area (Å²) in [5, 5.41) is 2.66. The highest BCUT2D eigenvalue weighted by Crippen LogP contribution is 2.23. The van der Waals surface area contributed by atoms with Gasteiger partial charge in [-0.1, -0.05) is 11.6 Å². The molecule has 1 N–H and O–H groups in total. The van der Waals surface area contributed by atoms with Crippen molar-refractivity contribution in [1.29, 1.82) is 0 Å². The molecule has 0 saturated carbocycles. The van der Waals surface area contributed by atoms with Gasteiger partial charge >= 0.3 is 0 Å². The fourth-order valence-corrected chi connectivity index (χ4v) is 2.05. The van der Waals surface area contributed by atoms with Crippen LogP contribution < -0.4 is 5.32 Å². The minimum Gasteiger partial charge on any atom is -0.319 e. The maximum Gasteiger partial charge on any atom is 0.256 e. The molecule has 0 heterocycles. The maximum absolute atomic E-state index is 13.4. The lowest BCUT2D eigenvalue weighted by molar-refractivity contribution is 0.102. The van der Waals surface area contributed by atoms with Gasteiger partial charge in [-0.3, -0.25) is 4.79 Å². The van der Waals surface area contributed by atoms with Crippen molar-refractivity contribution >= 4 is 39.1 Å². The average Bonchev–Trinajstić information content (AvgIpc) is 2.36. The first-order valence-electron chi connectivity index (χ1n) is 5.19. The van der Waals surface area contributed by atoms with Crippen molar-refractivity contribution in [2.75, 3.05) is 5.32 Å². The Morgan fingerprint density at radius 2 is 1.89 bits per heavy atom. The van der Waals surface area contributed by atoms with Crippen LogP contribution in [0, 0.1) is 11.6 Å². The number of amides is 1. The number of hydrogen-bond donors (Lipinski definition) is 1. The summed E-state index contributed by atoms with van der Waals surface area (Å²) in [6.07, 6.45) is 0. The molecule has 0 aromatic heterocycles. The van der Waals surface area contributed by atoms with Crippen LogP contribution in [0.3, 0.4) is 0 Å². The molecular weight excluding hydrogens is 340 g/mol. The third kappa shape index (κ3) is 3.30. The van der Waals surface area contributed by atoms with E-state index in [-0.39, 0.29) is 11.3 Å². The summed E-state index contributed by atoms with van der Waals surface area (Å²) in [7, 11) is 0. The number of carbonyl (C=O) groups excluding carboxylic acids is 1. The first-order chi connectivity index (χ1) is 8.97. The van der Waals surface area contributed by atoms with E-state index < -0.39 is 17.5 Å². The molecular formula is C13H7BrClF2NO. The number of rotatable bonds is 2. The second-order valence-corrected chi connectivity index (χ2v) is 4.99. The number of benzene rings is 2. The number of nitrogens with one attached hydrogen (secondary N) is 1. The second-order valence-electron chi connectivity index (χ2n) is 3.70. The Bertz CT molecular complexity index is 649. The summed E-state index contributed by atoms with van der Waals surface area (Å²) < 4.78 is 26.9. The lowest BCUT2D eigenvalue weighted by Crippen LogP contribution is -2.13. The molecule has 0 unspecified atom stereocenters. The van der Waals surface area contributed by atoms with Crippen LogP contribution in [0.2, 0.25) is 5.02 Å². The first kappa shape index (κ1) is 14.0. The molecule has 0 aliphatic carbocycles. The quantitative estimate of drug-likeness (QED) is 0.844. The third-order valence-corrected chi connectivity index (χ3v) is 3.28. The fourth-order valence-electron chi connectivity index (χ4n) is 1.45. The zero-order chi connectivity index (χ0) is 14.0. The number of anilines is 1. The van der Waals surface area contributed by atoms with Gasteiger partial charge in [0.25, 0.3) is 5.91 Å². The summed E-state index contributed by atoms with van der Waals surface area (Å²) >= 11 is 8.98. The van der Waals surface area contributed by atoms with Gasteiger partial charge in [0, 0.05) is 15.6 Å². The van der Waals surface area contributed by atoms with Crippen LogP contribution in [0.25, 0.3) is 0 Å². The summed E-state index contributed by atoms with van der Waals surface area (Å²) in [5.41, 5.74) is 0.00744. The summed E-state index contributed by atoms with van der Waals surface area (Å²) in [4.78, 5) is 12.0. The van der Waals surface area contributed by atoms with E-state index in [2.05, 4.69) is 21.2 Å². The fraction of sp³-hybridized carbons (Fsp3) is 0. The van der Waals surface area contributed by atoms with E-state index in [9.17, 15) is 13.6 Å². The van der Waals surface area contributed by atoms with Crippen molar-refractivity contribution in [3.63, 3.8) is 0 Å². The standard InChI is InChI=1S/C13H7BrClF2NO/c14-10-3-1-7(15)5-9(10)13(19)18-12-6-8(16)2-4-11(12)17/h1-6H,(H,18,19). The average molecular weight is 347 g/mol. The second kappa shape index (κ2) is 5.67. The molecule has 2 nitrogen and oxygen atoms in total. The number of halogens is 4. The topological polar surface area (TPSA) is 29.1 Å². The van der Waals surface area contributed by atoms with Crippen molar-refractivity contribution in [2.24, 2.45) is 0 Å². The normalized spacial score (nSPS) is 10.3. The largest absolute Gasteiger partial charge is 0.319 e. The Morgan fingerprint density at radius 1 is 1.16 bits per heavy atom. The van der Waals surface area contributed by atoms with E-state index in [0.29, 0.717) is 9.50 Å². The van der Waals surface area contributed by atoms with Gasteiger partial charge in [0.1, 0.15) is 11.6 Å². The van der Waals surface area contributed by atoms with E-state index in [1.54, 1.807) is 12.1 Å². The Kier molecular flexibility index (Phi) is 4.17. The van der Waals surface area contributed by atoms with Crippen LogP contribution in [-0.2, 0) is 0 Å². The molecule has 0 atom stereocenters. The van der Waals surface area contributed by atoms with E-state index in [0.717, 1.165) is 18.2 Å². The van der Waals surface area contributed by atoms with Crippen molar-refractivity contribution in [3.8, 4) is 0 Å². The van der Waals surface area contributed by atoms with Crippen molar-refractivity contribution in [3.05, 3.63) is 63.1 Å². The minimum absolute atomic E-state index is 0.225. The lowest BCUT2D eigenvalue weighted by atomic mass is 10.2. The predicted molar refractivity (Wildman–Crippen MR) is 73.5 cm³/mol. The number of carbonyl (C=O) groups is 1. The van der Waals surface area contributed by atoms with E-state index in [4.69, 9.17) is 11.6 Å². The maximum atomic E-state index is 13.4. The Hall–Kier alpha value is -1.46. The Labute approximate surface area is 121 Å². The minimum atomic E-state index is -0.715. The molecule has 0 fully saturated rings. The highest BCUT2D eigenvalue weighted by Gasteiger charge is 2.13. The molecule has 2 rings (SSSR count). The molecule has 0 aliphatic heterocycles. The highest BCUT2D eigenvalue weighted by atomic mass is 79.9. The van der Waals surface area contributed by atoms with Crippen LogP contribution in [0.5, 0.6) is 0 Å². The molecule has 0 saturated heterocycles. The van der Waals surface area contributed by atoms with E-state index in [1.807, 2.05) is 0 Å². The van der Waals surface area contributed by atoms with Gasteiger partial charge < -0.3 is 5.32 Å². The molecule has 19 heavy (non-hydrogen) atoms. The predicted octanol–water partition coefficient (Wildman–Crippen LogP) is 4.63. The van der Waals surface area contributed by atoms with Crippen molar-refractivity contribution in [1.82, 2.24) is 0 Å². The Morgan fingerprint density at radius 3 is 2.63 bits per heavy atom. The van der Waals surface area contributed by atoms with E-state index in [1.165, 1.54) is 6.07 Å². The Balaban J connectivity index is 2.30. The van der Waals surface area contributed by atoms with Gasteiger partial charge in [0.15, 0.2) is 0 Å². The van der Waals surface area contributed by atoms with Crippen LogP contribution >= 0.6 is 27.5 Å². The monoisotopic (exact) mass is 345 g/mol. The van der Waals surface area contributed by atoms with Crippen LogP contribution in [0.4, 0.5) is 14.5 Å². The molecule has 0 spiro atoms. The third-order valence-electron chi connectivity index (χ3n) is 2.35. The van der Waals surface area contributed by atoms with Gasteiger partial charge in [0.05, 0.1) is 11.3 Å². The molecule has 0 radical (unpaired) electrons. The summed E-state index contributed by atoms with van der Waals surface area (Å²) in [5.74, 6) is -1.94. The highest BCUT2D eigenvalue weighted by molar-refractivity contribution is 9.10. The van der Waals surface area contributed by atoms with Gasteiger partial charge in [-0.25, -0.2) is 8.78 Å². The molecule has 6 heteroatoms. The van der Waals surface area contributed by atoms with Crippen LogP contribution in [0.1, 0.15) is 10.4 Å². The van der Waals surface area contributed by atoms with Crippen LogP contribution in [-0.4, -0.2) is 5.91 Å². The van der Waals surface area contributed by atoms with Crippen molar-refractivity contribution in [2.45, 2.75) is 0 Å². The smallest absolute Gasteiger partial charge is 0.256 e. The number of hydrogen-bond acceptors (Lipinski definition) is 1. The van der Waals surface area contributed by atoms with Gasteiger partial charge in [-0.2, -0.15) is 0 Å². The summed E-state index contributed by atoms with van der Waals surface area (Å²) in [6.45, 7) is 0. The molecule has 1 amide bonds. The van der Waals surface area contributed by atoms with E-state index >= 15 is 0 Å². The first-order valence-corrected chi connectivity index (χ1v) is 6.36. The SMILES string of the molecule is O=C(Nc1cc(F)ccc1F)c1cc(Cl)ccc1Br. The summed E-state index contributed by atoms with van der Waals surface area (Å²) in [6, 6.07) is 7.45. The van der Waals surface area contributed by atoms with Gasteiger partial charge in [-0.05, 0) is 46.3 Å². The molecule has 2 aromatic rings. The zero-order valence-electron chi connectivity index (χ0n) is 9.38. The van der Waals surface area contributed by atoms with Crippen molar-refractivity contribution < 1.29 is 13.6 Å². The molecule has 0 aliphatic rings. The molecule has 98 valence electrons. The molecule has 0 bridgehead atoms. The van der Waals surface area contributed by atoms with Gasteiger partial charge in [0.2, 0.25) is 0 Å².